The van der Waals surface area contributed by atoms with Crippen molar-refractivity contribution in [1.82, 2.24) is 4.98 Å². The second kappa shape index (κ2) is 3.97. The number of rotatable bonds is 0. The highest BCUT2D eigenvalue weighted by molar-refractivity contribution is 6.31. The van der Waals surface area contributed by atoms with Crippen LogP contribution in [0.2, 0.25) is 5.02 Å². The molecule has 0 atom stereocenters. The lowest BCUT2D eigenvalue weighted by atomic mass is 10.0. The molecule has 0 saturated heterocycles. The molecule has 17 heavy (non-hydrogen) atoms. The maximum atomic E-state index is 12.4. The summed E-state index contributed by atoms with van der Waals surface area (Å²) in [6.07, 6.45) is 3.37. The fourth-order valence-electron chi connectivity index (χ4n) is 2.22. The van der Waals surface area contributed by atoms with E-state index in [-0.39, 0.29) is 5.78 Å². The van der Waals surface area contributed by atoms with Gasteiger partial charge in [-0.15, -0.1) is 0 Å². The van der Waals surface area contributed by atoms with Crippen LogP contribution >= 0.6 is 11.6 Å². The lowest BCUT2D eigenvalue weighted by Crippen LogP contribution is -2.06. The van der Waals surface area contributed by atoms with Crippen molar-refractivity contribution < 1.29 is 4.79 Å². The molecule has 1 aliphatic rings. The summed E-state index contributed by atoms with van der Waals surface area (Å²) in [5.41, 5.74) is 3.32. The summed E-state index contributed by atoms with van der Waals surface area (Å²) in [5.74, 6) is -0.0180. The zero-order valence-corrected chi connectivity index (χ0v) is 9.87. The van der Waals surface area contributed by atoms with Crippen LogP contribution in [0.15, 0.2) is 36.5 Å². The first-order valence-corrected chi connectivity index (χ1v) is 5.90. The van der Waals surface area contributed by atoms with E-state index in [2.05, 4.69) is 4.98 Å². The fraction of sp³-hybridized carbons (Fsp3) is 0.143. The maximum Gasteiger partial charge on any atom is 0.211 e. The molecular formula is C14H10ClNO. The zero-order valence-electron chi connectivity index (χ0n) is 9.11. The molecule has 0 aliphatic heterocycles. The SMILES string of the molecule is O=C1c2cc(Cl)ccc2CCc2cccnc21. The van der Waals surface area contributed by atoms with Gasteiger partial charge in [-0.3, -0.25) is 9.78 Å². The Morgan fingerprint density at radius 2 is 1.94 bits per heavy atom. The van der Waals surface area contributed by atoms with Gasteiger partial charge in [-0.25, -0.2) is 0 Å². The molecule has 1 aliphatic carbocycles. The molecule has 2 nitrogen and oxygen atoms in total. The molecular weight excluding hydrogens is 234 g/mol. The highest BCUT2D eigenvalue weighted by atomic mass is 35.5. The number of hydrogen-bond acceptors (Lipinski definition) is 2. The molecule has 84 valence electrons. The van der Waals surface area contributed by atoms with E-state index in [1.807, 2.05) is 24.3 Å². The Bertz CT molecular complexity index is 607. The first-order valence-electron chi connectivity index (χ1n) is 5.53. The molecule has 0 bridgehead atoms. The summed E-state index contributed by atoms with van der Waals surface area (Å²) in [7, 11) is 0. The van der Waals surface area contributed by atoms with Gasteiger partial charge >= 0.3 is 0 Å². The summed E-state index contributed by atoms with van der Waals surface area (Å²) in [4.78, 5) is 16.6. The van der Waals surface area contributed by atoms with Gasteiger partial charge in [0.15, 0.2) is 0 Å². The van der Waals surface area contributed by atoms with Crippen LogP contribution in [0.1, 0.15) is 27.2 Å². The van der Waals surface area contributed by atoms with Gasteiger partial charge in [0, 0.05) is 16.8 Å². The van der Waals surface area contributed by atoms with Gasteiger partial charge in [0.1, 0.15) is 5.69 Å². The van der Waals surface area contributed by atoms with Crippen molar-refractivity contribution in [1.29, 1.82) is 0 Å². The number of hydrogen-bond donors (Lipinski definition) is 0. The third-order valence-corrected chi connectivity index (χ3v) is 3.32. The number of fused-ring (bicyclic) bond motifs is 2. The number of carbonyl (C=O) groups is 1. The van der Waals surface area contributed by atoms with E-state index >= 15 is 0 Å². The minimum atomic E-state index is -0.0180. The van der Waals surface area contributed by atoms with Crippen LogP contribution in [-0.4, -0.2) is 10.8 Å². The number of nitrogens with zero attached hydrogens (tertiary/aromatic N) is 1. The van der Waals surface area contributed by atoms with Gasteiger partial charge in [-0.2, -0.15) is 0 Å². The average Bonchev–Trinajstić information content (AvgIpc) is 2.49. The molecule has 3 rings (SSSR count). The molecule has 0 N–H and O–H groups in total. The van der Waals surface area contributed by atoms with E-state index in [9.17, 15) is 4.79 Å². The predicted octanol–water partition coefficient (Wildman–Crippen LogP) is 3.06. The monoisotopic (exact) mass is 243 g/mol. The van der Waals surface area contributed by atoms with Crippen molar-refractivity contribution in [3.63, 3.8) is 0 Å². The summed E-state index contributed by atoms with van der Waals surface area (Å²) < 4.78 is 0. The number of carbonyl (C=O) groups excluding carboxylic acids is 1. The van der Waals surface area contributed by atoms with E-state index in [0.29, 0.717) is 16.3 Å². The Morgan fingerprint density at radius 1 is 1.12 bits per heavy atom. The van der Waals surface area contributed by atoms with E-state index in [0.717, 1.165) is 24.0 Å². The molecule has 0 fully saturated rings. The van der Waals surface area contributed by atoms with Crippen LogP contribution in [0.25, 0.3) is 0 Å². The lowest BCUT2D eigenvalue weighted by Gasteiger charge is -2.04. The van der Waals surface area contributed by atoms with E-state index in [1.165, 1.54) is 0 Å². The normalized spacial score (nSPS) is 13.8. The van der Waals surface area contributed by atoms with Crippen LogP contribution < -0.4 is 0 Å². The van der Waals surface area contributed by atoms with E-state index in [1.54, 1.807) is 12.3 Å². The van der Waals surface area contributed by atoms with Gasteiger partial charge < -0.3 is 0 Å². The lowest BCUT2D eigenvalue weighted by molar-refractivity contribution is 0.103. The first-order chi connectivity index (χ1) is 8.25. The van der Waals surface area contributed by atoms with Gasteiger partial charge in [0.25, 0.3) is 0 Å². The third kappa shape index (κ3) is 1.75. The minimum absolute atomic E-state index is 0.0180. The number of benzene rings is 1. The van der Waals surface area contributed by atoms with Crippen molar-refractivity contribution in [2.75, 3.05) is 0 Å². The van der Waals surface area contributed by atoms with Gasteiger partial charge in [0.2, 0.25) is 5.78 Å². The molecule has 1 aromatic carbocycles. The molecule has 0 unspecified atom stereocenters. The summed E-state index contributed by atoms with van der Waals surface area (Å²) in [5, 5.41) is 0.594. The summed E-state index contributed by atoms with van der Waals surface area (Å²) >= 11 is 5.95. The molecule has 2 aromatic rings. The molecule has 1 heterocycles. The molecule has 0 amide bonds. The Kier molecular flexibility index (Phi) is 2.45. The average molecular weight is 244 g/mol. The van der Waals surface area contributed by atoms with Crippen LogP contribution in [0.4, 0.5) is 0 Å². The predicted molar refractivity (Wildman–Crippen MR) is 66.5 cm³/mol. The molecule has 0 radical (unpaired) electrons. The number of pyridine rings is 1. The first kappa shape index (κ1) is 10.5. The quantitative estimate of drug-likeness (QED) is 0.712. The molecule has 0 saturated carbocycles. The van der Waals surface area contributed by atoms with E-state index in [4.69, 9.17) is 11.6 Å². The van der Waals surface area contributed by atoms with Gasteiger partial charge in [0.05, 0.1) is 0 Å². The second-order valence-corrected chi connectivity index (χ2v) is 4.58. The number of ketones is 1. The van der Waals surface area contributed by atoms with Crippen molar-refractivity contribution in [3.05, 3.63) is 63.9 Å². The Morgan fingerprint density at radius 3 is 2.82 bits per heavy atom. The Balaban J connectivity index is 2.22. The van der Waals surface area contributed by atoms with Crippen molar-refractivity contribution in [3.8, 4) is 0 Å². The van der Waals surface area contributed by atoms with Gasteiger partial charge in [-0.05, 0) is 42.2 Å². The minimum Gasteiger partial charge on any atom is -0.287 e. The maximum absolute atomic E-state index is 12.4. The highest BCUT2D eigenvalue weighted by Gasteiger charge is 2.21. The van der Waals surface area contributed by atoms with Crippen LogP contribution in [0.5, 0.6) is 0 Å². The number of aryl methyl sites for hydroxylation is 2. The standard InChI is InChI=1S/C14H10ClNO/c15-11-6-5-9-3-4-10-2-1-7-16-13(10)14(17)12(9)8-11/h1-2,5-8H,3-4H2. The molecule has 1 aromatic heterocycles. The van der Waals surface area contributed by atoms with Crippen LogP contribution in [0.3, 0.4) is 0 Å². The van der Waals surface area contributed by atoms with Crippen LogP contribution in [0, 0.1) is 0 Å². The van der Waals surface area contributed by atoms with Crippen LogP contribution in [-0.2, 0) is 12.8 Å². The topological polar surface area (TPSA) is 30.0 Å². The van der Waals surface area contributed by atoms with Crippen molar-refractivity contribution in [2.24, 2.45) is 0 Å². The number of aromatic nitrogens is 1. The smallest absolute Gasteiger partial charge is 0.211 e. The largest absolute Gasteiger partial charge is 0.287 e. The Labute approximate surface area is 104 Å². The fourth-order valence-corrected chi connectivity index (χ4v) is 2.39. The Hall–Kier alpha value is -1.67. The van der Waals surface area contributed by atoms with E-state index < -0.39 is 0 Å². The van der Waals surface area contributed by atoms with Crippen molar-refractivity contribution in [2.45, 2.75) is 12.8 Å². The zero-order chi connectivity index (χ0) is 11.8. The highest BCUT2D eigenvalue weighted by Crippen LogP contribution is 2.25. The molecule has 3 heteroatoms. The second-order valence-electron chi connectivity index (χ2n) is 4.14. The number of halogens is 1. The summed E-state index contributed by atoms with van der Waals surface area (Å²) in [6.45, 7) is 0. The summed E-state index contributed by atoms with van der Waals surface area (Å²) in [6, 6.07) is 9.34. The molecule has 0 spiro atoms. The third-order valence-electron chi connectivity index (χ3n) is 3.09. The van der Waals surface area contributed by atoms with Gasteiger partial charge in [-0.1, -0.05) is 23.7 Å². The van der Waals surface area contributed by atoms with Crippen molar-refractivity contribution >= 4 is 17.4 Å².